The standard InChI is InChI=1S/C24H26N4O2/c1-3-4-11-30-21-12-16(29-2)9-10-18(21)22-17-7-5-6-8-20(17)24(14-26,15-27)23(28)19(22)13-25/h8-10,12,17,19,22,28H,3-7,11H2,1-2H3/t17-,19?,22+/m1/s1. The van der Waals surface area contributed by atoms with Crippen molar-refractivity contribution in [2.75, 3.05) is 13.7 Å². The van der Waals surface area contributed by atoms with E-state index in [0.717, 1.165) is 37.7 Å². The van der Waals surface area contributed by atoms with Crippen LogP contribution in [0, 0.1) is 56.7 Å². The summed E-state index contributed by atoms with van der Waals surface area (Å²) in [5.41, 5.74) is -0.265. The zero-order valence-corrected chi connectivity index (χ0v) is 17.4. The fraction of sp³-hybridized carbons (Fsp3) is 0.500. The highest BCUT2D eigenvalue weighted by Crippen LogP contribution is 2.55. The van der Waals surface area contributed by atoms with Gasteiger partial charge in [-0.15, -0.1) is 0 Å². The van der Waals surface area contributed by atoms with E-state index in [1.54, 1.807) is 7.11 Å². The van der Waals surface area contributed by atoms with E-state index in [0.29, 0.717) is 23.7 Å². The maximum atomic E-state index is 10.0. The summed E-state index contributed by atoms with van der Waals surface area (Å²) in [6.45, 7) is 2.64. The molecule has 0 spiro atoms. The van der Waals surface area contributed by atoms with Gasteiger partial charge in [-0.2, -0.15) is 15.8 Å². The van der Waals surface area contributed by atoms with Crippen LogP contribution in [0.4, 0.5) is 0 Å². The first-order valence-corrected chi connectivity index (χ1v) is 10.4. The predicted molar refractivity (Wildman–Crippen MR) is 112 cm³/mol. The molecule has 3 rings (SSSR count). The van der Waals surface area contributed by atoms with E-state index in [9.17, 15) is 15.8 Å². The lowest BCUT2D eigenvalue weighted by atomic mass is 9.54. The van der Waals surface area contributed by atoms with Gasteiger partial charge in [0.05, 0.1) is 43.6 Å². The van der Waals surface area contributed by atoms with Crippen LogP contribution in [0.2, 0.25) is 0 Å². The molecule has 0 heterocycles. The highest BCUT2D eigenvalue weighted by molar-refractivity contribution is 6.01. The largest absolute Gasteiger partial charge is 0.497 e. The van der Waals surface area contributed by atoms with Crippen LogP contribution in [-0.4, -0.2) is 19.4 Å². The number of unbranched alkanes of at least 4 members (excludes halogenated alkanes) is 1. The quantitative estimate of drug-likeness (QED) is 0.537. The third kappa shape index (κ3) is 3.42. The summed E-state index contributed by atoms with van der Waals surface area (Å²) in [6.07, 6.45) is 6.31. The maximum Gasteiger partial charge on any atom is 0.203 e. The lowest BCUT2D eigenvalue weighted by molar-refractivity contribution is 0.287. The molecule has 0 radical (unpaired) electrons. The highest BCUT2D eigenvalue weighted by Gasteiger charge is 2.56. The Kier molecular flexibility index (Phi) is 6.43. The lowest BCUT2D eigenvalue weighted by Gasteiger charge is -2.45. The van der Waals surface area contributed by atoms with E-state index >= 15 is 0 Å². The van der Waals surface area contributed by atoms with E-state index < -0.39 is 11.3 Å². The van der Waals surface area contributed by atoms with Crippen LogP contribution in [0.15, 0.2) is 29.8 Å². The monoisotopic (exact) mass is 402 g/mol. The number of nitrogens with one attached hydrogen (secondary N) is 1. The van der Waals surface area contributed by atoms with Crippen molar-refractivity contribution in [3.63, 3.8) is 0 Å². The Morgan fingerprint density at radius 2 is 2.00 bits per heavy atom. The number of ether oxygens (including phenoxy) is 2. The average molecular weight is 402 g/mol. The molecular weight excluding hydrogens is 376 g/mol. The second-order valence-electron chi connectivity index (χ2n) is 7.82. The molecule has 1 aromatic rings. The Hall–Kier alpha value is -3.30. The van der Waals surface area contributed by atoms with Crippen molar-refractivity contribution < 1.29 is 9.47 Å². The molecule has 6 nitrogen and oxygen atoms in total. The molecule has 6 heteroatoms. The number of methoxy groups -OCH3 is 1. The van der Waals surface area contributed by atoms with E-state index in [1.807, 2.05) is 24.3 Å². The number of hydrogen-bond acceptors (Lipinski definition) is 6. The van der Waals surface area contributed by atoms with Crippen molar-refractivity contribution in [3.05, 3.63) is 35.4 Å². The second kappa shape index (κ2) is 9.02. The van der Waals surface area contributed by atoms with Gasteiger partial charge < -0.3 is 14.9 Å². The topological polar surface area (TPSA) is 114 Å². The molecule has 1 N–H and O–H groups in total. The number of fused-ring (bicyclic) bond motifs is 1. The van der Waals surface area contributed by atoms with Crippen molar-refractivity contribution in [2.24, 2.45) is 17.3 Å². The summed E-state index contributed by atoms with van der Waals surface area (Å²) in [4.78, 5) is 0. The van der Waals surface area contributed by atoms with Gasteiger partial charge in [0.25, 0.3) is 0 Å². The number of benzene rings is 1. The molecule has 0 aliphatic heterocycles. The van der Waals surface area contributed by atoms with Crippen LogP contribution in [0.5, 0.6) is 11.5 Å². The predicted octanol–water partition coefficient (Wildman–Crippen LogP) is 4.89. The summed E-state index contributed by atoms with van der Waals surface area (Å²) in [5, 5.41) is 38.5. The first-order valence-electron chi connectivity index (χ1n) is 10.4. The summed E-state index contributed by atoms with van der Waals surface area (Å²) in [5.74, 6) is -0.0590. The first-order chi connectivity index (χ1) is 14.6. The van der Waals surface area contributed by atoms with Crippen LogP contribution in [0.25, 0.3) is 0 Å². The van der Waals surface area contributed by atoms with Crippen LogP contribution in [0.3, 0.4) is 0 Å². The third-order valence-electron chi connectivity index (χ3n) is 6.23. The van der Waals surface area contributed by atoms with Gasteiger partial charge in [-0.3, -0.25) is 0 Å². The number of rotatable bonds is 6. The minimum atomic E-state index is -1.66. The van der Waals surface area contributed by atoms with Crippen LogP contribution in [0.1, 0.15) is 50.5 Å². The molecule has 1 fully saturated rings. The zero-order valence-electron chi connectivity index (χ0n) is 17.4. The molecule has 0 amide bonds. The van der Waals surface area contributed by atoms with Gasteiger partial charge in [0.15, 0.2) is 0 Å². The number of nitrogens with zero attached hydrogens (tertiary/aromatic N) is 3. The minimum absolute atomic E-state index is 0.125. The van der Waals surface area contributed by atoms with Crippen molar-refractivity contribution in [1.82, 2.24) is 0 Å². The molecule has 0 aromatic heterocycles. The Morgan fingerprint density at radius 1 is 1.23 bits per heavy atom. The van der Waals surface area contributed by atoms with E-state index in [1.165, 1.54) is 0 Å². The van der Waals surface area contributed by atoms with Crippen molar-refractivity contribution in [1.29, 1.82) is 21.2 Å². The highest BCUT2D eigenvalue weighted by atomic mass is 16.5. The summed E-state index contributed by atoms with van der Waals surface area (Å²) < 4.78 is 11.4. The molecule has 2 aliphatic rings. The fourth-order valence-corrected chi connectivity index (χ4v) is 4.69. The molecular formula is C24H26N4O2. The zero-order chi connectivity index (χ0) is 21.7. The van der Waals surface area contributed by atoms with Gasteiger partial charge in [-0.1, -0.05) is 25.5 Å². The molecule has 154 valence electrons. The fourth-order valence-electron chi connectivity index (χ4n) is 4.69. The van der Waals surface area contributed by atoms with Gasteiger partial charge in [-0.05, 0) is 48.8 Å². The molecule has 1 saturated carbocycles. The van der Waals surface area contributed by atoms with Gasteiger partial charge >= 0.3 is 0 Å². The van der Waals surface area contributed by atoms with Gasteiger partial charge in [-0.25, -0.2) is 0 Å². The third-order valence-corrected chi connectivity index (χ3v) is 6.23. The van der Waals surface area contributed by atoms with E-state index in [4.69, 9.17) is 14.9 Å². The van der Waals surface area contributed by atoms with Crippen LogP contribution in [-0.2, 0) is 0 Å². The minimum Gasteiger partial charge on any atom is -0.497 e. The average Bonchev–Trinajstić information content (AvgIpc) is 2.79. The van der Waals surface area contributed by atoms with Gasteiger partial charge in [0.1, 0.15) is 11.5 Å². The smallest absolute Gasteiger partial charge is 0.203 e. The SMILES string of the molecule is CCCCOc1cc(OC)ccc1[C@H]1C(C#N)C(=N)C(C#N)(C#N)C2=CCCC[C@H]21. The molecule has 2 aliphatic carbocycles. The van der Waals surface area contributed by atoms with Crippen molar-refractivity contribution in [3.8, 4) is 29.7 Å². The van der Waals surface area contributed by atoms with Crippen LogP contribution < -0.4 is 9.47 Å². The lowest BCUT2D eigenvalue weighted by Crippen LogP contribution is -2.47. The second-order valence-corrected chi connectivity index (χ2v) is 7.82. The van der Waals surface area contributed by atoms with Gasteiger partial charge in [0, 0.05) is 12.0 Å². The van der Waals surface area contributed by atoms with Crippen molar-refractivity contribution >= 4 is 5.71 Å². The van der Waals surface area contributed by atoms with E-state index in [-0.39, 0.29) is 17.5 Å². The Balaban J connectivity index is 2.16. The number of allylic oxidation sites excluding steroid dienone is 2. The molecule has 1 aromatic carbocycles. The molecule has 1 unspecified atom stereocenters. The Bertz CT molecular complexity index is 962. The van der Waals surface area contributed by atoms with Gasteiger partial charge in [0.2, 0.25) is 5.41 Å². The van der Waals surface area contributed by atoms with Crippen molar-refractivity contribution in [2.45, 2.75) is 44.9 Å². The molecule has 30 heavy (non-hydrogen) atoms. The number of hydrogen-bond donors (Lipinski definition) is 1. The Labute approximate surface area is 177 Å². The molecule has 0 saturated heterocycles. The molecule has 0 bridgehead atoms. The number of nitriles is 3. The van der Waals surface area contributed by atoms with Crippen LogP contribution >= 0.6 is 0 Å². The maximum absolute atomic E-state index is 10.0. The van der Waals surface area contributed by atoms with E-state index in [2.05, 4.69) is 25.1 Å². The summed E-state index contributed by atoms with van der Waals surface area (Å²) in [6, 6.07) is 11.9. The summed E-state index contributed by atoms with van der Waals surface area (Å²) >= 11 is 0. The molecule has 3 atom stereocenters. The Morgan fingerprint density at radius 3 is 2.63 bits per heavy atom. The first kappa shape index (κ1) is 21.4. The summed E-state index contributed by atoms with van der Waals surface area (Å²) in [7, 11) is 1.59. The normalized spacial score (nSPS) is 24.4.